The maximum Gasteiger partial charge on any atom is 0.322 e. The highest BCUT2D eigenvalue weighted by Gasteiger charge is 2.16. The minimum Gasteiger partial charge on any atom is -0.494 e. The van der Waals surface area contributed by atoms with Gasteiger partial charge in [-0.15, -0.1) is 0 Å². The molecule has 0 aliphatic heterocycles. The molecule has 1 heterocycles. The van der Waals surface area contributed by atoms with Gasteiger partial charge in [0.15, 0.2) is 0 Å². The molecular formula is C22H24ClN3O4. The number of pyridine rings is 1. The molecule has 30 heavy (non-hydrogen) atoms. The molecule has 7 nitrogen and oxygen atoms in total. The van der Waals surface area contributed by atoms with Crippen LogP contribution in [-0.4, -0.2) is 42.8 Å². The molecule has 0 aliphatic carbocycles. The number of amides is 2. The smallest absolute Gasteiger partial charge is 0.322 e. The molecule has 0 saturated heterocycles. The van der Waals surface area contributed by atoms with E-state index >= 15 is 0 Å². The number of urea groups is 1. The van der Waals surface area contributed by atoms with Crippen molar-refractivity contribution in [2.24, 2.45) is 0 Å². The second-order valence-corrected chi connectivity index (χ2v) is 7.10. The van der Waals surface area contributed by atoms with E-state index in [1.165, 1.54) is 4.90 Å². The van der Waals surface area contributed by atoms with E-state index in [2.05, 4.69) is 10.3 Å². The fourth-order valence-corrected chi connectivity index (χ4v) is 3.22. The highest BCUT2D eigenvalue weighted by molar-refractivity contribution is 6.30. The number of anilines is 1. The topological polar surface area (TPSA) is 83.7 Å². The van der Waals surface area contributed by atoms with E-state index in [1.807, 2.05) is 19.1 Å². The van der Waals surface area contributed by atoms with E-state index in [0.717, 1.165) is 11.1 Å². The SMILES string of the molecule is CCOc1ccc2[nH]c(=O)c(CN(CCOC)C(=O)Nc3cccc(Cl)c3)cc2c1. The molecule has 0 spiro atoms. The molecule has 2 amide bonds. The summed E-state index contributed by atoms with van der Waals surface area (Å²) in [6, 6.07) is 13.8. The van der Waals surface area contributed by atoms with Crippen LogP contribution in [0, 0.1) is 0 Å². The lowest BCUT2D eigenvalue weighted by atomic mass is 10.1. The van der Waals surface area contributed by atoms with E-state index in [-0.39, 0.29) is 18.1 Å². The van der Waals surface area contributed by atoms with E-state index < -0.39 is 0 Å². The molecule has 3 aromatic rings. The molecule has 0 aliphatic rings. The van der Waals surface area contributed by atoms with Gasteiger partial charge in [-0.25, -0.2) is 4.79 Å². The lowest BCUT2D eigenvalue weighted by Crippen LogP contribution is -2.38. The van der Waals surface area contributed by atoms with Crippen LogP contribution >= 0.6 is 11.6 Å². The Morgan fingerprint density at radius 1 is 1.20 bits per heavy atom. The van der Waals surface area contributed by atoms with Gasteiger partial charge in [0.05, 0.1) is 19.8 Å². The van der Waals surface area contributed by atoms with Crippen LogP contribution in [0.1, 0.15) is 12.5 Å². The van der Waals surface area contributed by atoms with Crippen molar-refractivity contribution in [2.75, 3.05) is 32.2 Å². The van der Waals surface area contributed by atoms with Gasteiger partial charge in [0.2, 0.25) is 0 Å². The van der Waals surface area contributed by atoms with Crippen LogP contribution in [0.15, 0.2) is 53.3 Å². The predicted octanol–water partition coefficient (Wildman–Crippen LogP) is 4.26. The molecular weight excluding hydrogens is 406 g/mol. The Kier molecular flexibility index (Phi) is 7.32. The molecule has 0 unspecified atom stereocenters. The van der Waals surface area contributed by atoms with Gasteiger partial charge in [-0.3, -0.25) is 4.79 Å². The molecule has 0 bridgehead atoms. The van der Waals surface area contributed by atoms with Crippen LogP contribution in [0.25, 0.3) is 10.9 Å². The summed E-state index contributed by atoms with van der Waals surface area (Å²) in [5.74, 6) is 0.720. The number of benzene rings is 2. The van der Waals surface area contributed by atoms with E-state index in [9.17, 15) is 9.59 Å². The van der Waals surface area contributed by atoms with Crippen LogP contribution in [0.5, 0.6) is 5.75 Å². The summed E-state index contributed by atoms with van der Waals surface area (Å²) >= 11 is 5.99. The zero-order chi connectivity index (χ0) is 21.5. The first-order valence-electron chi connectivity index (χ1n) is 9.59. The Morgan fingerprint density at radius 2 is 2.03 bits per heavy atom. The number of aromatic amines is 1. The summed E-state index contributed by atoms with van der Waals surface area (Å²) in [4.78, 5) is 29.8. The maximum atomic E-state index is 12.8. The number of carbonyl (C=O) groups is 1. The molecule has 158 valence electrons. The van der Waals surface area contributed by atoms with Gasteiger partial charge in [0.1, 0.15) is 5.75 Å². The number of halogens is 1. The summed E-state index contributed by atoms with van der Waals surface area (Å²) in [5.41, 5.74) is 1.50. The number of hydrogen-bond donors (Lipinski definition) is 2. The Balaban J connectivity index is 1.85. The van der Waals surface area contributed by atoms with Gasteiger partial charge in [-0.05, 0) is 49.4 Å². The minimum atomic E-state index is -0.350. The first-order chi connectivity index (χ1) is 14.5. The van der Waals surface area contributed by atoms with Crippen molar-refractivity contribution < 1.29 is 14.3 Å². The molecule has 0 fully saturated rings. The Hall–Kier alpha value is -3.03. The zero-order valence-corrected chi connectivity index (χ0v) is 17.7. The van der Waals surface area contributed by atoms with Gasteiger partial charge in [0.25, 0.3) is 5.56 Å². The van der Waals surface area contributed by atoms with Crippen molar-refractivity contribution in [1.29, 1.82) is 0 Å². The zero-order valence-electron chi connectivity index (χ0n) is 16.9. The number of aromatic nitrogens is 1. The third-order valence-corrected chi connectivity index (χ3v) is 4.73. The summed E-state index contributed by atoms with van der Waals surface area (Å²) in [5, 5.41) is 4.16. The molecule has 0 atom stereocenters. The van der Waals surface area contributed by atoms with Gasteiger partial charge < -0.3 is 24.7 Å². The average molecular weight is 430 g/mol. The Labute approximate surface area is 179 Å². The van der Waals surface area contributed by atoms with Crippen molar-refractivity contribution >= 4 is 34.2 Å². The standard InChI is InChI=1S/C22H24ClN3O4/c1-3-30-19-7-8-20-15(12-19)11-16(21(27)25-20)14-26(9-10-29-2)22(28)24-18-6-4-5-17(23)13-18/h4-8,11-13H,3,9-10,14H2,1-2H3,(H,24,28)(H,25,27). The fraction of sp³-hybridized carbons (Fsp3) is 0.273. The number of H-pyrrole nitrogens is 1. The van der Waals surface area contributed by atoms with E-state index in [1.54, 1.807) is 43.5 Å². The highest BCUT2D eigenvalue weighted by atomic mass is 35.5. The Morgan fingerprint density at radius 3 is 2.77 bits per heavy atom. The number of fused-ring (bicyclic) bond motifs is 1. The Bertz CT molecular complexity index is 1080. The molecule has 2 aromatic carbocycles. The summed E-state index contributed by atoms with van der Waals surface area (Å²) in [7, 11) is 1.56. The predicted molar refractivity (Wildman–Crippen MR) is 118 cm³/mol. The minimum absolute atomic E-state index is 0.125. The first-order valence-corrected chi connectivity index (χ1v) is 9.97. The first kappa shape index (κ1) is 21.7. The third kappa shape index (κ3) is 5.52. The van der Waals surface area contributed by atoms with Gasteiger partial charge in [0, 0.05) is 40.8 Å². The van der Waals surface area contributed by atoms with E-state index in [0.29, 0.717) is 41.5 Å². The molecule has 1 aromatic heterocycles. The largest absolute Gasteiger partial charge is 0.494 e. The van der Waals surface area contributed by atoms with Crippen molar-refractivity contribution in [1.82, 2.24) is 9.88 Å². The quantitative estimate of drug-likeness (QED) is 0.560. The van der Waals surface area contributed by atoms with Crippen molar-refractivity contribution in [3.8, 4) is 5.75 Å². The number of ether oxygens (including phenoxy) is 2. The number of rotatable bonds is 8. The number of nitrogens with one attached hydrogen (secondary N) is 2. The van der Waals surface area contributed by atoms with Crippen molar-refractivity contribution in [2.45, 2.75) is 13.5 Å². The van der Waals surface area contributed by atoms with Gasteiger partial charge in [-0.2, -0.15) is 0 Å². The molecule has 3 rings (SSSR count). The second-order valence-electron chi connectivity index (χ2n) is 6.66. The van der Waals surface area contributed by atoms with Crippen LogP contribution in [0.2, 0.25) is 5.02 Å². The summed E-state index contributed by atoms with van der Waals surface area (Å²) in [6.07, 6.45) is 0. The van der Waals surface area contributed by atoms with Crippen molar-refractivity contribution in [3.63, 3.8) is 0 Å². The van der Waals surface area contributed by atoms with Crippen LogP contribution in [0.4, 0.5) is 10.5 Å². The molecule has 2 N–H and O–H groups in total. The van der Waals surface area contributed by atoms with Crippen LogP contribution in [0.3, 0.4) is 0 Å². The maximum absolute atomic E-state index is 12.8. The molecule has 8 heteroatoms. The molecule has 0 saturated carbocycles. The fourth-order valence-electron chi connectivity index (χ4n) is 3.03. The highest BCUT2D eigenvalue weighted by Crippen LogP contribution is 2.20. The van der Waals surface area contributed by atoms with Crippen molar-refractivity contribution in [3.05, 3.63) is 69.5 Å². The normalized spacial score (nSPS) is 10.8. The summed E-state index contributed by atoms with van der Waals surface area (Å²) < 4.78 is 10.7. The van der Waals surface area contributed by atoms with Gasteiger partial charge in [-0.1, -0.05) is 17.7 Å². The van der Waals surface area contributed by atoms with Gasteiger partial charge >= 0.3 is 6.03 Å². The van der Waals surface area contributed by atoms with E-state index in [4.69, 9.17) is 21.1 Å². The molecule has 0 radical (unpaired) electrons. The summed E-state index contributed by atoms with van der Waals surface area (Å²) in [6.45, 7) is 3.24. The monoisotopic (exact) mass is 429 g/mol. The number of methoxy groups -OCH3 is 1. The number of hydrogen-bond acceptors (Lipinski definition) is 4. The van der Waals surface area contributed by atoms with Crippen LogP contribution in [-0.2, 0) is 11.3 Å². The van der Waals surface area contributed by atoms with Crippen LogP contribution < -0.4 is 15.6 Å². The number of carbonyl (C=O) groups excluding carboxylic acids is 1. The second kappa shape index (κ2) is 10.1. The lowest BCUT2D eigenvalue weighted by Gasteiger charge is -2.23. The number of nitrogens with zero attached hydrogens (tertiary/aromatic N) is 1. The third-order valence-electron chi connectivity index (χ3n) is 4.49. The average Bonchev–Trinajstić information content (AvgIpc) is 2.71. The lowest BCUT2D eigenvalue weighted by molar-refractivity contribution is 0.152.